The number of carbonyl (C=O) groups is 5. The van der Waals surface area contributed by atoms with Crippen LogP contribution in [0.5, 0.6) is 5.75 Å². The van der Waals surface area contributed by atoms with Crippen LogP contribution in [0.1, 0.15) is 95.4 Å². The number of nitrogens with one attached hydrogen (secondary N) is 1. The van der Waals surface area contributed by atoms with E-state index in [1.54, 1.807) is 42.5 Å². The maximum Gasteiger partial charge on any atom is 0.262 e. The second kappa shape index (κ2) is 17.2. The SMILES string of the molecule is CC(CC1CCC(C)N1C(=O)c1ccc(N2CCN(CC3CCN(c4ccc5c(c4)C(=O)N(C4CCC(=O)NC4=O)C5=O)CC3)CC2)c(F)c1)Oc1ccc(C#N)c(Cl)c1. The number of imide groups is 2. The first kappa shape index (κ1) is 41.2. The van der Waals surface area contributed by atoms with Crippen LogP contribution >= 0.6 is 11.6 Å². The monoisotopic (exact) mass is 837 g/mol. The second-order valence-corrected chi connectivity index (χ2v) is 17.2. The van der Waals surface area contributed by atoms with E-state index in [2.05, 4.69) is 20.0 Å². The number of nitrogens with zero attached hydrogens (tertiary/aromatic N) is 6. The molecule has 5 aliphatic rings. The van der Waals surface area contributed by atoms with Crippen molar-refractivity contribution >= 4 is 52.5 Å². The van der Waals surface area contributed by atoms with Gasteiger partial charge in [-0.1, -0.05) is 11.6 Å². The van der Waals surface area contributed by atoms with Crippen LogP contribution < -0.4 is 19.9 Å². The van der Waals surface area contributed by atoms with Crippen molar-refractivity contribution in [1.82, 2.24) is 20.0 Å². The van der Waals surface area contributed by atoms with E-state index in [4.69, 9.17) is 21.6 Å². The van der Waals surface area contributed by atoms with Crippen molar-refractivity contribution in [2.45, 2.75) is 83.0 Å². The van der Waals surface area contributed by atoms with Crippen LogP contribution in [0, 0.1) is 23.1 Å². The van der Waals surface area contributed by atoms with Gasteiger partial charge in [-0.25, -0.2) is 4.39 Å². The number of piperazine rings is 1. The molecule has 314 valence electrons. The Morgan fingerprint density at radius 1 is 0.900 bits per heavy atom. The smallest absolute Gasteiger partial charge is 0.262 e. The van der Waals surface area contributed by atoms with Crippen LogP contribution in [0.4, 0.5) is 15.8 Å². The lowest BCUT2D eigenvalue weighted by atomic mass is 9.95. The molecule has 5 aliphatic heterocycles. The third kappa shape index (κ3) is 8.30. The van der Waals surface area contributed by atoms with E-state index in [1.807, 2.05) is 30.9 Å². The Morgan fingerprint density at radius 3 is 2.35 bits per heavy atom. The van der Waals surface area contributed by atoms with Crippen LogP contribution in [0.2, 0.25) is 5.02 Å². The van der Waals surface area contributed by atoms with Gasteiger partial charge in [0.1, 0.15) is 23.7 Å². The minimum atomic E-state index is -0.990. The molecule has 3 aromatic carbocycles. The van der Waals surface area contributed by atoms with Gasteiger partial charge < -0.3 is 19.4 Å². The zero-order valence-electron chi connectivity index (χ0n) is 33.9. The van der Waals surface area contributed by atoms with Crippen LogP contribution in [0.3, 0.4) is 0 Å². The molecule has 8 rings (SSSR count). The molecule has 5 amide bonds. The van der Waals surface area contributed by atoms with Gasteiger partial charge in [0.05, 0.1) is 33.5 Å². The maximum atomic E-state index is 15.8. The lowest BCUT2D eigenvalue weighted by molar-refractivity contribution is -0.136. The highest BCUT2D eigenvalue weighted by Gasteiger charge is 2.45. The summed E-state index contributed by atoms with van der Waals surface area (Å²) >= 11 is 6.19. The fraction of sp³-hybridized carbons (Fsp3) is 0.467. The Bertz CT molecular complexity index is 2250. The molecule has 5 heterocycles. The number of hydrogen-bond donors (Lipinski definition) is 1. The van der Waals surface area contributed by atoms with Crippen LogP contribution in [-0.4, -0.2) is 114 Å². The van der Waals surface area contributed by atoms with Crippen molar-refractivity contribution in [3.8, 4) is 11.8 Å². The van der Waals surface area contributed by atoms with Gasteiger partial charge in [0.2, 0.25) is 11.8 Å². The summed E-state index contributed by atoms with van der Waals surface area (Å²) in [5.74, 6) is -1.58. The van der Waals surface area contributed by atoms with Crippen LogP contribution in [0.25, 0.3) is 0 Å². The third-order valence-corrected chi connectivity index (χ3v) is 13.2. The standard InChI is InChI=1S/C45H49ClFN7O6/c1-27-3-6-33(21-28(2)60-34-8-4-31(25-48)37(46)24-34)53(27)43(57)30-5-10-39(38(47)22-30)52-19-17-50(18-20-52)26-29-13-15-51(16-14-29)32-7-9-35-36(23-32)45(59)54(44(35)58)40-11-12-41(55)49-42(40)56/h4-5,7-10,22-24,27-29,33,40H,3,6,11-21,26H2,1-2H3,(H,49,55,56). The first-order valence-corrected chi connectivity index (χ1v) is 21.3. The zero-order chi connectivity index (χ0) is 42.2. The summed E-state index contributed by atoms with van der Waals surface area (Å²) in [4.78, 5) is 74.0. The Hall–Kier alpha value is -5.52. The van der Waals surface area contributed by atoms with Crippen molar-refractivity contribution in [3.05, 3.63) is 87.7 Å². The van der Waals surface area contributed by atoms with Crippen molar-refractivity contribution in [1.29, 1.82) is 5.26 Å². The van der Waals surface area contributed by atoms with Crippen LogP contribution in [-0.2, 0) is 9.59 Å². The van der Waals surface area contributed by atoms with E-state index in [-0.39, 0.29) is 48.1 Å². The fourth-order valence-electron chi connectivity index (χ4n) is 9.60. The summed E-state index contributed by atoms with van der Waals surface area (Å²) < 4.78 is 21.9. The molecule has 60 heavy (non-hydrogen) atoms. The quantitative estimate of drug-likeness (QED) is 0.255. The molecule has 13 nitrogen and oxygen atoms in total. The number of ether oxygens (including phenoxy) is 1. The molecular weight excluding hydrogens is 789 g/mol. The minimum Gasteiger partial charge on any atom is -0.491 e. The third-order valence-electron chi connectivity index (χ3n) is 12.8. The van der Waals surface area contributed by atoms with Gasteiger partial charge in [0.25, 0.3) is 17.7 Å². The Kier molecular flexibility index (Phi) is 11.8. The molecule has 0 bridgehead atoms. The predicted octanol–water partition coefficient (Wildman–Crippen LogP) is 5.64. The molecule has 4 fully saturated rings. The molecule has 15 heteroatoms. The van der Waals surface area contributed by atoms with E-state index < -0.39 is 35.5 Å². The number of nitriles is 1. The number of amides is 5. The van der Waals surface area contributed by atoms with Gasteiger partial charge in [0, 0.05) is 88.1 Å². The molecule has 1 N–H and O–H groups in total. The van der Waals surface area contributed by atoms with E-state index in [1.165, 1.54) is 6.07 Å². The number of piperidine rings is 2. The molecule has 0 spiro atoms. The summed E-state index contributed by atoms with van der Waals surface area (Å²) in [5.41, 5.74) is 2.64. The van der Waals surface area contributed by atoms with Gasteiger partial charge >= 0.3 is 0 Å². The number of likely N-dealkylation sites (tertiary alicyclic amines) is 1. The Balaban J connectivity index is 0.807. The van der Waals surface area contributed by atoms with E-state index in [9.17, 15) is 24.0 Å². The first-order chi connectivity index (χ1) is 28.9. The summed E-state index contributed by atoms with van der Waals surface area (Å²) in [6.07, 6.45) is 4.19. The first-order valence-electron chi connectivity index (χ1n) is 20.9. The van der Waals surface area contributed by atoms with Gasteiger partial charge in [-0.2, -0.15) is 5.26 Å². The average molecular weight is 838 g/mol. The predicted molar refractivity (Wildman–Crippen MR) is 223 cm³/mol. The highest BCUT2D eigenvalue weighted by molar-refractivity contribution is 6.31. The highest BCUT2D eigenvalue weighted by atomic mass is 35.5. The largest absolute Gasteiger partial charge is 0.491 e. The summed E-state index contributed by atoms with van der Waals surface area (Å²) in [6, 6.07) is 16.1. The molecule has 0 aromatic heterocycles. The van der Waals surface area contributed by atoms with Crippen LogP contribution in [0.15, 0.2) is 54.6 Å². The summed E-state index contributed by atoms with van der Waals surface area (Å²) in [5, 5.41) is 11.7. The molecule has 0 aliphatic carbocycles. The van der Waals surface area contributed by atoms with E-state index in [0.29, 0.717) is 53.0 Å². The number of benzene rings is 3. The lowest BCUT2D eigenvalue weighted by Crippen LogP contribution is -2.54. The highest BCUT2D eigenvalue weighted by Crippen LogP contribution is 2.34. The van der Waals surface area contributed by atoms with Gasteiger partial charge in [0.15, 0.2) is 0 Å². The van der Waals surface area contributed by atoms with Crippen molar-refractivity contribution in [3.63, 3.8) is 0 Å². The summed E-state index contributed by atoms with van der Waals surface area (Å²) in [6.45, 7) is 9.47. The topological polar surface area (TPSA) is 147 Å². The molecule has 3 aromatic rings. The second-order valence-electron chi connectivity index (χ2n) is 16.8. The zero-order valence-corrected chi connectivity index (χ0v) is 34.6. The molecule has 4 unspecified atom stereocenters. The molecule has 4 atom stereocenters. The van der Waals surface area contributed by atoms with Crippen molar-refractivity contribution in [2.24, 2.45) is 5.92 Å². The number of rotatable bonds is 10. The molecule has 4 saturated heterocycles. The lowest BCUT2D eigenvalue weighted by Gasteiger charge is -2.40. The molecule has 0 radical (unpaired) electrons. The normalized spacial score (nSPS) is 23.1. The Labute approximate surface area is 354 Å². The fourth-order valence-corrected chi connectivity index (χ4v) is 9.82. The average Bonchev–Trinajstić information content (AvgIpc) is 3.71. The van der Waals surface area contributed by atoms with Crippen molar-refractivity contribution in [2.75, 3.05) is 55.6 Å². The Morgan fingerprint density at radius 2 is 1.65 bits per heavy atom. The van der Waals surface area contributed by atoms with Gasteiger partial charge in [-0.15, -0.1) is 0 Å². The maximum absolute atomic E-state index is 15.8. The summed E-state index contributed by atoms with van der Waals surface area (Å²) in [7, 11) is 0. The molecule has 0 saturated carbocycles. The number of halogens is 2. The molecular formula is C45H49ClFN7O6. The van der Waals surface area contributed by atoms with E-state index in [0.717, 1.165) is 69.0 Å². The van der Waals surface area contributed by atoms with Crippen molar-refractivity contribution < 1.29 is 33.1 Å². The van der Waals surface area contributed by atoms with Gasteiger partial charge in [-0.3, -0.25) is 39.1 Å². The number of carbonyl (C=O) groups excluding carboxylic acids is 5. The van der Waals surface area contributed by atoms with E-state index >= 15 is 4.39 Å². The minimum absolute atomic E-state index is 0.0127. The number of hydrogen-bond acceptors (Lipinski definition) is 10. The van der Waals surface area contributed by atoms with Gasteiger partial charge in [-0.05, 0) is 100 Å². The number of anilines is 2. The number of fused-ring (bicyclic) bond motifs is 1.